The van der Waals surface area contributed by atoms with Crippen LogP contribution in [-0.2, 0) is 14.3 Å². The standard InChI is InChI=1S/C19H24FN3O5/c1-11-9-23(18(11)16(25)6-7-24)15-4-2-12(8-14(15)20)22-10-13(28-19(22)27)3-5-17(21)26/h2,4,8,11,13,18,24H,3,5-7,9-10H2,1H3,(H2,21,26). The molecule has 1 aromatic carbocycles. The number of nitrogens with two attached hydrogens (primary N) is 1. The number of anilines is 2. The second-order valence-corrected chi connectivity index (χ2v) is 7.27. The summed E-state index contributed by atoms with van der Waals surface area (Å²) in [5.74, 6) is -1.05. The zero-order valence-electron chi connectivity index (χ0n) is 15.6. The van der Waals surface area contributed by atoms with Crippen molar-refractivity contribution in [3.63, 3.8) is 0 Å². The molecule has 8 nitrogen and oxygen atoms in total. The first-order chi connectivity index (χ1) is 13.3. The van der Waals surface area contributed by atoms with E-state index in [4.69, 9.17) is 15.6 Å². The lowest BCUT2D eigenvalue weighted by Gasteiger charge is -2.47. The second kappa shape index (κ2) is 8.14. The van der Waals surface area contributed by atoms with Crippen LogP contribution in [0.5, 0.6) is 0 Å². The van der Waals surface area contributed by atoms with Gasteiger partial charge in [-0.2, -0.15) is 0 Å². The van der Waals surface area contributed by atoms with E-state index < -0.39 is 30.0 Å². The number of rotatable bonds is 8. The summed E-state index contributed by atoms with van der Waals surface area (Å²) in [6, 6.07) is 3.93. The van der Waals surface area contributed by atoms with Gasteiger partial charge >= 0.3 is 6.09 Å². The van der Waals surface area contributed by atoms with E-state index in [1.165, 1.54) is 11.0 Å². The van der Waals surface area contributed by atoms with Gasteiger partial charge in [-0.25, -0.2) is 9.18 Å². The topological polar surface area (TPSA) is 113 Å². The van der Waals surface area contributed by atoms with Crippen molar-refractivity contribution in [3.8, 4) is 0 Å². The minimum absolute atomic E-state index is 0.0392. The summed E-state index contributed by atoms with van der Waals surface area (Å²) in [7, 11) is 0. The third-order valence-corrected chi connectivity index (χ3v) is 5.19. The molecule has 0 spiro atoms. The number of aliphatic hydroxyl groups is 1. The number of aliphatic hydroxyl groups excluding tert-OH is 1. The number of halogens is 1. The summed E-state index contributed by atoms with van der Waals surface area (Å²) in [4.78, 5) is 38.1. The van der Waals surface area contributed by atoms with E-state index in [0.29, 0.717) is 18.7 Å². The maximum absolute atomic E-state index is 14.8. The number of hydrogen-bond acceptors (Lipinski definition) is 6. The van der Waals surface area contributed by atoms with E-state index in [1.807, 2.05) is 6.92 Å². The Kier molecular flexibility index (Phi) is 5.83. The molecule has 3 atom stereocenters. The van der Waals surface area contributed by atoms with Gasteiger partial charge < -0.3 is 20.5 Å². The number of ketones is 1. The van der Waals surface area contributed by atoms with E-state index in [0.717, 1.165) is 0 Å². The lowest BCUT2D eigenvalue weighted by atomic mass is 9.85. The molecule has 3 N–H and O–H groups in total. The number of Topliss-reactive ketones (excluding diaryl/α,β-unsaturated/α-hetero) is 1. The van der Waals surface area contributed by atoms with E-state index in [-0.39, 0.29) is 43.4 Å². The minimum Gasteiger partial charge on any atom is -0.444 e. The summed E-state index contributed by atoms with van der Waals surface area (Å²) in [6.07, 6.45) is -0.611. The van der Waals surface area contributed by atoms with Gasteiger partial charge in [0.05, 0.1) is 30.6 Å². The largest absolute Gasteiger partial charge is 0.444 e. The van der Waals surface area contributed by atoms with Crippen molar-refractivity contribution in [1.82, 2.24) is 0 Å². The Hall–Kier alpha value is -2.68. The van der Waals surface area contributed by atoms with Crippen LogP contribution >= 0.6 is 0 Å². The summed E-state index contributed by atoms with van der Waals surface area (Å²) < 4.78 is 20.0. The SMILES string of the molecule is CC1CN(c2ccc(N3CC(CCC(N)=O)OC3=O)cc2F)C1C(=O)CCO. The van der Waals surface area contributed by atoms with Crippen LogP contribution in [0.2, 0.25) is 0 Å². The van der Waals surface area contributed by atoms with Gasteiger partial charge in [0.2, 0.25) is 5.91 Å². The molecule has 0 aromatic heterocycles. The Morgan fingerprint density at radius 3 is 2.68 bits per heavy atom. The Balaban J connectivity index is 1.72. The first-order valence-electron chi connectivity index (χ1n) is 9.28. The van der Waals surface area contributed by atoms with E-state index in [2.05, 4.69) is 0 Å². The summed E-state index contributed by atoms with van der Waals surface area (Å²) in [5, 5.41) is 8.99. The monoisotopic (exact) mass is 393 g/mol. The first kappa shape index (κ1) is 20.1. The predicted octanol–water partition coefficient (Wildman–Crippen LogP) is 1.19. The smallest absolute Gasteiger partial charge is 0.414 e. The fourth-order valence-electron chi connectivity index (χ4n) is 3.77. The molecule has 2 saturated heterocycles. The summed E-state index contributed by atoms with van der Waals surface area (Å²) >= 11 is 0. The molecule has 0 aliphatic carbocycles. The second-order valence-electron chi connectivity index (χ2n) is 7.27. The lowest BCUT2D eigenvalue weighted by molar-refractivity contribution is -0.123. The molecular weight excluding hydrogens is 369 g/mol. The van der Waals surface area contributed by atoms with E-state index >= 15 is 0 Å². The third-order valence-electron chi connectivity index (χ3n) is 5.19. The molecule has 3 rings (SSSR count). The molecule has 2 fully saturated rings. The number of primary amides is 1. The van der Waals surface area contributed by atoms with E-state index in [9.17, 15) is 18.8 Å². The number of benzene rings is 1. The molecule has 9 heteroatoms. The number of cyclic esters (lactones) is 1. The number of hydrogen-bond donors (Lipinski definition) is 2. The van der Waals surface area contributed by atoms with Crippen LogP contribution in [0.4, 0.5) is 20.6 Å². The molecule has 2 heterocycles. The number of carbonyl (C=O) groups is 3. The number of nitrogens with zero attached hydrogens (tertiary/aromatic N) is 2. The fraction of sp³-hybridized carbons (Fsp3) is 0.526. The third kappa shape index (κ3) is 3.94. The van der Waals surface area contributed by atoms with Crippen LogP contribution in [-0.4, -0.2) is 54.7 Å². The lowest BCUT2D eigenvalue weighted by Crippen LogP contribution is -2.59. The van der Waals surface area contributed by atoms with Crippen LogP contribution < -0.4 is 15.5 Å². The highest BCUT2D eigenvalue weighted by Gasteiger charge is 2.41. The molecule has 0 bridgehead atoms. The molecule has 2 amide bonds. The van der Waals surface area contributed by atoms with Crippen LogP contribution in [0.15, 0.2) is 18.2 Å². The Morgan fingerprint density at radius 2 is 2.07 bits per heavy atom. The fourth-order valence-corrected chi connectivity index (χ4v) is 3.77. The Labute approximate surface area is 162 Å². The maximum atomic E-state index is 14.8. The number of amides is 2. The van der Waals surface area contributed by atoms with Gasteiger partial charge in [0.1, 0.15) is 11.9 Å². The Bertz CT molecular complexity index is 787. The van der Waals surface area contributed by atoms with Gasteiger partial charge in [0.25, 0.3) is 0 Å². The highest BCUT2D eigenvalue weighted by atomic mass is 19.1. The molecule has 1 aromatic rings. The van der Waals surface area contributed by atoms with Crippen molar-refractivity contribution < 1.29 is 28.6 Å². The molecule has 28 heavy (non-hydrogen) atoms. The number of ether oxygens (including phenoxy) is 1. The van der Waals surface area contributed by atoms with Gasteiger partial charge in [0.15, 0.2) is 5.78 Å². The molecule has 2 aliphatic heterocycles. The quantitative estimate of drug-likeness (QED) is 0.686. The first-order valence-corrected chi connectivity index (χ1v) is 9.28. The molecule has 0 saturated carbocycles. The van der Waals surface area contributed by atoms with Crippen molar-refractivity contribution in [1.29, 1.82) is 0 Å². The van der Waals surface area contributed by atoms with Crippen molar-refractivity contribution in [2.45, 2.75) is 38.3 Å². The summed E-state index contributed by atoms with van der Waals surface area (Å²) in [5.41, 5.74) is 5.75. The van der Waals surface area contributed by atoms with Crippen LogP contribution in [0, 0.1) is 11.7 Å². The molecule has 3 unspecified atom stereocenters. The molecule has 0 radical (unpaired) electrons. The van der Waals surface area contributed by atoms with Gasteiger partial charge in [-0.3, -0.25) is 14.5 Å². The predicted molar refractivity (Wildman–Crippen MR) is 99.5 cm³/mol. The molecule has 2 aliphatic rings. The van der Waals surface area contributed by atoms with Crippen LogP contribution in [0.1, 0.15) is 26.2 Å². The van der Waals surface area contributed by atoms with Crippen molar-refractivity contribution in [2.24, 2.45) is 11.7 Å². The van der Waals surface area contributed by atoms with Crippen LogP contribution in [0.3, 0.4) is 0 Å². The minimum atomic E-state index is -0.602. The molecular formula is C19H24FN3O5. The van der Waals surface area contributed by atoms with Crippen molar-refractivity contribution >= 4 is 29.2 Å². The highest BCUT2D eigenvalue weighted by molar-refractivity contribution is 5.91. The van der Waals surface area contributed by atoms with Gasteiger partial charge in [-0.1, -0.05) is 6.92 Å². The van der Waals surface area contributed by atoms with Gasteiger partial charge in [-0.15, -0.1) is 0 Å². The van der Waals surface area contributed by atoms with E-state index in [1.54, 1.807) is 17.0 Å². The zero-order chi connectivity index (χ0) is 20.4. The van der Waals surface area contributed by atoms with Crippen molar-refractivity contribution in [2.75, 3.05) is 29.5 Å². The zero-order valence-corrected chi connectivity index (χ0v) is 15.6. The normalized spacial score (nSPS) is 24.1. The van der Waals surface area contributed by atoms with Crippen LogP contribution in [0.25, 0.3) is 0 Å². The van der Waals surface area contributed by atoms with Crippen molar-refractivity contribution in [3.05, 3.63) is 24.0 Å². The number of carbonyl (C=O) groups excluding carboxylic acids is 3. The average Bonchev–Trinajstić information content (AvgIpc) is 2.99. The highest BCUT2D eigenvalue weighted by Crippen LogP contribution is 2.36. The Morgan fingerprint density at radius 1 is 1.32 bits per heavy atom. The van der Waals surface area contributed by atoms with Gasteiger partial charge in [-0.05, 0) is 24.6 Å². The summed E-state index contributed by atoms with van der Waals surface area (Å²) in [6.45, 7) is 2.43. The van der Waals surface area contributed by atoms with Gasteiger partial charge in [0, 0.05) is 25.3 Å². The molecule has 152 valence electrons. The average molecular weight is 393 g/mol. The maximum Gasteiger partial charge on any atom is 0.414 e.